The zero-order chi connectivity index (χ0) is 8.32. The number of aromatic nitrogens is 1. The minimum atomic E-state index is -0.971. The lowest BCUT2D eigenvalue weighted by Gasteiger charge is -2.13. The molecule has 1 aromatic rings. The Bertz CT molecular complexity index is 271. The summed E-state index contributed by atoms with van der Waals surface area (Å²) < 4.78 is 0. The predicted octanol–water partition coefficient (Wildman–Crippen LogP) is 0.779. The van der Waals surface area contributed by atoms with Crippen molar-refractivity contribution in [2.45, 2.75) is 12.5 Å². The number of rotatable bonds is 1. The smallest absolute Gasteiger partial charge is 0.143 e. The van der Waals surface area contributed by atoms with Crippen molar-refractivity contribution in [3.8, 4) is 6.07 Å². The van der Waals surface area contributed by atoms with Crippen molar-refractivity contribution >= 4 is 0 Å². The van der Waals surface area contributed by atoms with E-state index in [1.54, 1.807) is 25.3 Å². The minimum Gasteiger partial charge on any atom is -0.309 e. The maximum absolute atomic E-state index is 8.63. The van der Waals surface area contributed by atoms with Gasteiger partial charge in [0.25, 0.3) is 0 Å². The highest BCUT2D eigenvalue weighted by molar-refractivity contribution is 5.21. The van der Waals surface area contributed by atoms with Gasteiger partial charge in [0.1, 0.15) is 5.54 Å². The second-order valence-corrected chi connectivity index (χ2v) is 2.53. The molecule has 1 rings (SSSR count). The third-order valence-corrected chi connectivity index (χ3v) is 1.43. The zero-order valence-corrected chi connectivity index (χ0v) is 6.28. The van der Waals surface area contributed by atoms with Crippen LogP contribution in [0.15, 0.2) is 24.4 Å². The molecular weight excluding hydrogens is 138 g/mol. The average Bonchev–Trinajstić information content (AvgIpc) is 2.06. The molecule has 0 saturated carbocycles. The Morgan fingerprint density at radius 1 is 1.64 bits per heavy atom. The summed E-state index contributed by atoms with van der Waals surface area (Å²) in [7, 11) is 0. The molecule has 0 aromatic carbocycles. The number of nitrogens with two attached hydrogens (primary N) is 1. The van der Waals surface area contributed by atoms with Crippen LogP contribution in [0, 0.1) is 11.3 Å². The molecule has 3 nitrogen and oxygen atoms in total. The van der Waals surface area contributed by atoms with Gasteiger partial charge in [0.2, 0.25) is 0 Å². The fourth-order valence-electron chi connectivity index (χ4n) is 0.727. The SMILES string of the molecule is CC(N)(C#N)c1ccccn1. The highest BCUT2D eigenvalue weighted by atomic mass is 14.8. The maximum atomic E-state index is 8.63. The molecule has 0 aliphatic carbocycles. The number of nitrogens with zero attached hydrogens (tertiary/aromatic N) is 2. The molecule has 3 heteroatoms. The molecule has 2 N–H and O–H groups in total. The molecule has 0 amide bonds. The number of pyridine rings is 1. The Labute approximate surface area is 65.5 Å². The lowest BCUT2D eigenvalue weighted by atomic mass is 10.0. The van der Waals surface area contributed by atoms with E-state index in [0.717, 1.165) is 0 Å². The van der Waals surface area contributed by atoms with Crippen LogP contribution in [-0.4, -0.2) is 4.98 Å². The normalized spacial score (nSPS) is 15.0. The fourth-order valence-corrected chi connectivity index (χ4v) is 0.727. The van der Waals surface area contributed by atoms with Gasteiger partial charge < -0.3 is 5.73 Å². The largest absolute Gasteiger partial charge is 0.309 e. The summed E-state index contributed by atoms with van der Waals surface area (Å²) in [6.07, 6.45) is 1.62. The van der Waals surface area contributed by atoms with E-state index >= 15 is 0 Å². The van der Waals surface area contributed by atoms with Crippen LogP contribution in [0.3, 0.4) is 0 Å². The van der Waals surface area contributed by atoms with Crippen molar-refractivity contribution in [1.29, 1.82) is 5.26 Å². The van der Waals surface area contributed by atoms with Crippen LogP contribution in [0.2, 0.25) is 0 Å². The van der Waals surface area contributed by atoms with Gasteiger partial charge >= 0.3 is 0 Å². The molecule has 1 aromatic heterocycles. The molecule has 1 heterocycles. The van der Waals surface area contributed by atoms with Gasteiger partial charge in [0, 0.05) is 6.20 Å². The van der Waals surface area contributed by atoms with Crippen molar-refractivity contribution in [2.24, 2.45) is 5.73 Å². The molecule has 0 radical (unpaired) electrons. The molecule has 0 fully saturated rings. The molecule has 1 atom stereocenters. The van der Waals surface area contributed by atoms with Crippen molar-refractivity contribution in [1.82, 2.24) is 4.98 Å². The number of hydrogen-bond acceptors (Lipinski definition) is 3. The fraction of sp³-hybridized carbons (Fsp3) is 0.250. The Balaban J connectivity index is 3.05. The standard InChI is InChI=1S/C8H9N3/c1-8(10,6-9)7-4-2-3-5-11-7/h2-5H,10H2,1H3. The lowest BCUT2D eigenvalue weighted by Crippen LogP contribution is -2.31. The summed E-state index contributed by atoms with van der Waals surface area (Å²) >= 11 is 0. The summed E-state index contributed by atoms with van der Waals surface area (Å²) in [6, 6.07) is 7.31. The van der Waals surface area contributed by atoms with Gasteiger partial charge in [-0.1, -0.05) is 6.07 Å². The van der Waals surface area contributed by atoms with Gasteiger partial charge in [-0.3, -0.25) is 4.98 Å². The highest BCUT2D eigenvalue weighted by Gasteiger charge is 2.20. The number of hydrogen-bond donors (Lipinski definition) is 1. The Hall–Kier alpha value is -1.40. The molecule has 56 valence electrons. The Kier molecular flexibility index (Phi) is 1.88. The van der Waals surface area contributed by atoms with Crippen molar-refractivity contribution in [3.63, 3.8) is 0 Å². The first-order valence-corrected chi connectivity index (χ1v) is 3.28. The molecule has 0 bridgehead atoms. The number of nitriles is 1. The molecule has 11 heavy (non-hydrogen) atoms. The average molecular weight is 147 g/mol. The summed E-state index contributed by atoms with van der Waals surface area (Å²) in [4.78, 5) is 3.97. The highest BCUT2D eigenvalue weighted by Crippen LogP contribution is 2.11. The minimum absolute atomic E-state index is 0.600. The van der Waals surface area contributed by atoms with Crippen LogP contribution in [0.5, 0.6) is 0 Å². The van der Waals surface area contributed by atoms with E-state index in [2.05, 4.69) is 4.98 Å². The van der Waals surface area contributed by atoms with Gasteiger partial charge in [-0.15, -0.1) is 0 Å². The van der Waals surface area contributed by atoms with Crippen LogP contribution in [-0.2, 0) is 5.54 Å². The van der Waals surface area contributed by atoms with Crippen molar-refractivity contribution in [3.05, 3.63) is 30.1 Å². The summed E-state index contributed by atoms with van der Waals surface area (Å²) in [5.74, 6) is 0. The third kappa shape index (κ3) is 1.54. The lowest BCUT2D eigenvalue weighted by molar-refractivity contribution is 0.622. The van der Waals surface area contributed by atoms with E-state index in [1.165, 1.54) is 0 Å². The van der Waals surface area contributed by atoms with Gasteiger partial charge in [0.05, 0.1) is 11.8 Å². The molecule has 0 saturated heterocycles. The van der Waals surface area contributed by atoms with E-state index < -0.39 is 5.54 Å². The first-order chi connectivity index (χ1) is 5.17. The van der Waals surface area contributed by atoms with E-state index in [9.17, 15) is 0 Å². The van der Waals surface area contributed by atoms with E-state index in [-0.39, 0.29) is 0 Å². The maximum Gasteiger partial charge on any atom is 0.143 e. The predicted molar refractivity (Wildman–Crippen MR) is 41.4 cm³/mol. The van der Waals surface area contributed by atoms with Crippen molar-refractivity contribution < 1.29 is 0 Å². The van der Waals surface area contributed by atoms with E-state index in [4.69, 9.17) is 11.0 Å². The monoisotopic (exact) mass is 147 g/mol. The molecular formula is C8H9N3. The van der Waals surface area contributed by atoms with Crippen LogP contribution in [0.25, 0.3) is 0 Å². The first-order valence-electron chi connectivity index (χ1n) is 3.28. The first kappa shape index (κ1) is 7.70. The topological polar surface area (TPSA) is 62.7 Å². The van der Waals surface area contributed by atoms with Gasteiger partial charge in [0.15, 0.2) is 0 Å². The summed E-state index contributed by atoms with van der Waals surface area (Å²) in [5.41, 5.74) is 5.24. The summed E-state index contributed by atoms with van der Waals surface area (Å²) in [5, 5.41) is 8.63. The molecule has 0 aliphatic heterocycles. The molecule has 1 unspecified atom stereocenters. The molecule has 0 spiro atoms. The van der Waals surface area contributed by atoms with Gasteiger partial charge in [-0.25, -0.2) is 0 Å². The second-order valence-electron chi connectivity index (χ2n) is 2.53. The Morgan fingerprint density at radius 3 is 2.82 bits per heavy atom. The van der Waals surface area contributed by atoms with Crippen molar-refractivity contribution in [2.75, 3.05) is 0 Å². The summed E-state index contributed by atoms with van der Waals surface area (Å²) in [6.45, 7) is 1.63. The molecule has 0 aliphatic rings. The van der Waals surface area contributed by atoms with Crippen LogP contribution < -0.4 is 5.73 Å². The van der Waals surface area contributed by atoms with E-state index in [1.807, 2.05) is 12.1 Å². The van der Waals surface area contributed by atoms with Crippen LogP contribution in [0.4, 0.5) is 0 Å². The van der Waals surface area contributed by atoms with Crippen LogP contribution in [0.1, 0.15) is 12.6 Å². The Morgan fingerprint density at radius 2 is 2.36 bits per heavy atom. The second kappa shape index (κ2) is 2.69. The zero-order valence-electron chi connectivity index (χ0n) is 6.28. The van der Waals surface area contributed by atoms with Gasteiger partial charge in [-0.2, -0.15) is 5.26 Å². The van der Waals surface area contributed by atoms with Gasteiger partial charge in [-0.05, 0) is 19.1 Å². The van der Waals surface area contributed by atoms with Crippen LogP contribution >= 0.6 is 0 Å². The third-order valence-electron chi connectivity index (χ3n) is 1.43. The van der Waals surface area contributed by atoms with E-state index in [0.29, 0.717) is 5.69 Å². The quantitative estimate of drug-likeness (QED) is 0.638.